The average Bonchev–Trinajstić information content (AvgIpc) is 2.76. The molecule has 0 saturated heterocycles. The van der Waals surface area contributed by atoms with Crippen LogP contribution < -0.4 is 11.2 Å². The first-order valence-electron chi connectivity index (χ1n) is 5.30. The van der Waals surface area contributed by atoms with Crippen LogP contribution >= 0.6 is 11.8 Å². The summed E-state index contributed by atoms with van der Waals surface area (Å²) in [7, 11) is 1.50. The molecule has 0 aromatic carbocycles. The number of nitrogens with one attached hydrogen (secondary N) is 2. The molecule has 8 heteroatoms. The van der Waals surface area contributed by atoms with Crippen LogP contribution in [-0.4, -0.2) is 30.4 Å². The van der Waals surface area contributed by atoms with Crippen molar-refractivity contribution >= 4 is 28.0 Å². The van der Waals surface area contributed by atoms with Gasteiger partial charge in [0.05, 0.1) is 5.75 Å². The fourth-order valence-corrected chi connectivity index (χ4v) is 1.77. The summed E-state index contributed by atoms with van der Waals surface area (Å²) in [5.74, 6) is 6.08. The van der Waals surface area contributed by atoms with Crippen LogP contribution in [0.4, 0.5) is 0 Å². The van der Waals surface area contributed by atoms with Crippen LogP contribution in [0.5, 0.6) is 0 Å². The summed E-state index contributed by atoms with van der Waals surface area (Å²) in [6.07, 6.45) is 0. The van der Waals surface area contributed by atoms with E-state index in [9.17, 15) is 14.4 Å². The predicted molar refractivity (Wildman–Crippen MR) is 72.0 cm³/mol. The van der Waals surface area contributed by atoms with Crippen molar-refractivity contribution in [2.45, 2.75) is 6.92 Å². The molecule has 0 atom stereocenters. The maximum atomic E-state index is 11.5. The van der Waals surface area contributed by atoms with Crippen molar-refractivity contribution in [3.63, 3.8) is 0 Å². The van der Waals surface area contributed by atoms with Crippen molar-refractivity contribution in [3.8, 4) is 11.8 Å². The maximum absolute atomic E-state index is 11.5. The summed E-state index contributed by atoms with van der Waals surface area (Å²) in [6.45, 7) is 1.46. The van der Waals surface area contributed by atoms with Crippen molar-refractivity contribution < 1.29 is 4.79 Å². The second-order valence-corrected chi connectivity index (χ2v) is 4.84. The molecular weight excluding hydrogens is 268 g/mol. The molecule has 0 unspecified atom stereocenters. The molecule has 2 heterocycles. The highest BCUT2D eigenvalue weighted by Crippen LogP contribution is 2.03. The van der Waals surface area contributed by atoms with Gasteiger partial charge in [-0.2, -0.15) is 0 Å². The van der Waals surface area contributed by atoms with Crippen LogP contribution in [0.1, 0.15) is 12.7 Å². The highest BCUT2D eigenvalue weighted by molar-refractivity contribution is 8.13. The van der Waals surface area contributed by atoms with Gasteiger partial charge < -0.3 is 4.98 Å². The molecule has 2 aromatic heterocycles. The van der Waals surface area contributed by atoms with Gasteiger partial charge in [-0.1, -0.05) is 17.7 Å². The average molecular weight is 278 g/mol. The molecule has 0 saturated carbocycles. The molecular formula is C11H10N4O3S. The summed E-state index contributed by atoms with van der Waals surface area (Å²) in [6, 6.07) is 0. The number of aromatic amines is 2. The lowest BCUT2D eigenvalue weighted by Crippen LogP contribution is -2.28. The Morgan fingerprint density at radius 2 is 2.16 bits per heavy atom. The van der Waals surface area contributed by atoms with E-state index in [1.165, 1.54) is 18.5 Å². The Morgan fingerprint density at radius 3 is 2.84 bits per heavy atom. The number of fused-ring (bicyclic) bond motifs is 1. The van der Waals surface area contributed by atoms with Crippen LogP contribution in [-0.2, 0) is 11.8 Å². The highest BCUT2D eigenvalue weighted by atomic mass is 32.2. The minimum absolute atomic E-state index is 0.0160. The SMILES string of the molecule is CC(=O)SCC#Cc1nc2c([nH]1)c(=O)[nH]c(=O)n2C. The molecule has 0 amide bonds. The van der Waals surface area contributed by atoms with Crippen LogP contribution in [0.25, 0.3) is 11.2 Å². The number of imidazole rings is 1. The first kappa shape index (κ1) is 13.2. The minimum Gasteiger partial charge on any atom is -0.325 e. The van der Waals surface area contributed by atoms with E-state index >= 15 is 0 Å². The summed E-state index contributed by atoms with van der Waals surface area (Å²) in [5, 5.41) is -0.0160. The molecule has 2 rings (SSSR count). The van der Waals surface area contributed by atoms with E-state index in [1.807, 2.05) is 0 Å². The number of rotatable bonds is 1. The fraction of sp³-hybridized carbons (Fsp3) is 0.273. The van der Waals surface area contributed by atoms with Crippen molar-refractivity contribution in [2.75, 3.05) is 5.75 Å². The highest BCUT2D eigenvalue weighted by Gasteiger charge is 2.09. The maximum Gasteiger partial charge on any atom is 0.329 e. The number of carbonyl (C=O) groups is 1. The van der Waals surface area contributed by atoms with Crippen molar-refractivity contribution in [3.05, 3.63) is 26.7 Å². The molecule has 2 N–H and O–H groups in total. The summed E-state index contributed by atoms with van der Waals surface area (Å²) in [5.41, 5.74) is -0.615. The first-order valence-corrected chi connectivity index (χ1v) is 6.29. The zero-order valence-electron chi connectivity index (χ0n) is 10.2. The zero-order valence-corrected chi connectivity index (χ0v) is 11.1. The molecule has 0 aliphatic heterocycles. The Bertz CT molecular complexity index is 818. The monoisotopic (exact) mass is 278 g/mol. The van der Waals surface area contributed by atoms with E-state index in [2.05, 4.69) is 26.8 Å². The third-order valence-corrected chi connectivity index (χ3v) is 3.00. The van der Waals surface area contributed by atoms with Crippen molar-refractivity contribution in [2.24, 2.45) is 7.05 Å². The van der Waals surface area contributed by atoms with E-state index in [4.69, 9.17) is 0 Å². The zero-order chi connectivity index (χ0) is 14.0. The van der Waals surface area contributed by atoms with Gasteiger partial charge in [-0.25, -0.2) is 9.78 Å². The number of hydrogen-bond acceptors (Lipinski definition) is 5. The Labute approximate surface area is 111 Å². The topological polar surface area (TPSA) is 101 Å². The number of H-pyrrole nitrogens is 2. The second-order valence-electron chi connectivity index (χ2n) is 3.68. The van der Waals surface area contributed by atoms with E-state index in [0.29, 0.717) is 5.75 Å². The molecule has 0 aliphatic rings. The van der Waals surface area contributed by atoms with Crippen molar-refractivity contribution in [1.82, 2.24) is 19.5 Å². The third kappa shape index (κ3) is 2.77. The van der Waals surface area contributed by atoms with E-state index in [1.54, 1.807) is 0 Å². The number of carbonyl (C=O) groups excluding carboxylic acids is 1. The molecule has 0 spiro atoms. The molecule has 0 aliphatic carbocycles. The van der Waals surface area contributed by atoms with Gasteiger partial charge in [0.1, 0.15) is 0 Å². The van der Waals surface area contributed by atoms with Gasteiger partial charge >= 0.3 is 5.69 Å². The Balaban J connectivity index is 2.40. The van der Waals surface area contributed by atoms with Crippen LogP contribution in [0.2, 0.25) is 0 Å². The molecule has 7 nitrogen and oxygen atoms in total. The van der Waals surface area contributed by atoms with Gasteiger partial charge in [0, 0.05) is 14.0 Å². The molecule has 98 valence electrons. The van der Waals surface area contributed by atoms with Crippen LogP contribution in [0.3, 0.4) is 0 Å². The number of thioether (sulfide) groups is 1. The Morgan fingerprint density at radius 1 is 1.42 bits per heavy atom. The van der Waals surface area contributed by atoms with Gasteiger partial charge in [0.2, 0.25) is 0 Å². The summed E-state index contributed by atoms with van der Waals surface area (Å²) >= 11 is 1.09. The van der Waals surface area contributed by atoms with Gasteiger partial charge in [-0.05, 0) is 5.92 Å². The normalized spacial score (nSPS) is 10.2. The molecule has 0 radical (unpaired) electrons. The fourth-order valence-electron chi connectivity index (χ4n) is 1.42. The van der Waals surface area contributed by atoms with E-state index in [0.717, 1.165) is 11.8 Å². The predicted octanol–water partition coefficient (Wildman–Crippen LogP) is -0.419. The van der Waals surface area contributed by atoms with Gasteiger partial charge in [-0.15, -0.1) is 0 Å². The lowest BCUT2D eigenvalue weighted by molar-refractivity contribution is -0.109. The minimum atomic E-state index is -0.532. The van der Waals surface area contributed by atoms with Crippen LogP contribution in [0, 0.1) is 11.8 Å². The number of aryl methyl sites for hydroxylation is 1. The summed E-state index contributed by atoms with van der Waals surface area (Å²) < 4.78 is 1.22. The largest absolute Gasteiger partial charge is 0.329 e. The van der Waals surface area contributed by atoms with Gasteiger partial charge in [0.15, 0.2) is 22.1 Å². The van der Waals surface area contributed by atoms with Gasteiger partial charge in [-0.3, -0.25) is 19.1 Å². The molecule has 0 fully saturated rings. The first-order chi connectivity index (χ1) is 8.99. The summed E-state index contributed by atoms with van der Waals surface area (Å²) in [4.78, 5) is 42.6. The third-order valence-electron chi connectivity index (χ3n) is 2.31. The van der Waals surface area contributed by atoms with E-state index in [-0.39, 0.29) is 22.1 Å². The second kappa shape index (κ2) is 5.16. The lowest BCUT2D eigenvalue weighted by Gasteiger charge is -1.94. The lowest BCUT2D eigenvalue weighted by atomic mass is 10.5. The smallest absolute Gasteiger partial charge is 0.325 e. The number of aromatic nitrogens is 4. The number of nitrogens with zero attached hydrogens (tertiary/aromatic N) is 2. The quantitative estimate of drug-likeness (QED) is 0.690. The van der Waals surface area contributed by atoms with E-state index < -0.39 is 11.2 Å². The molecule has 19 heavy (non-hydrogen) atoms. The number of hydrogen-bond donors (Lipinski definition) is 2. The van der Waals surface area contributed by atoms with Crippen LogP contribution in [0.15, 0.2) is 9.59 Å². The standard InChI is InChI=1S/C11H10N4O3S/c1-6(16)19-5-3-4-7-12-8-9(13-7)15(2)11(18)14-10(8)17/h5H2,1-2H3,(H,12,13)(H,14,17,18). The van der Waals surface area contributed by atoms with Gasteiger partial charge in [0.25, 0.3) is 5.56 Å². The Hall–Kier alpha value is -2.27. The molecule has 0 bridgehead atoms. The Kier molecular flexibility index (Phi) is 3.57. The van der Waals surface area contributed by atoms with Crippen molar-refractivity contribution in [1.29, 1.82) is 0 Å². The molecule has 2 aromatic rings.